The van der Waals surface area contributed by atoms with Crippen molar-refractivity contribution in [2.24, 2.45) is 0 Å². The van der Waals surface area contributed by atoms with Gasteiger partial charge in [0.15, 0.2) is 0 Å². The molecule has 0 aliphatic carbocycles. The first-order chi connectivity index (χ1) is 15.3. The molecule has 2 amide bonds. The quantitative estimate of drug-likeness (QED) is 0.482. The third-order valence-electron chi connectivity index (χ3n) is 4.71. The van der Waals surface area contributed by atoms with Gasteiger partial charge >= 0.3 is 0 Å². The van der Waals surface area contributed by atoms with E-state index in [0.717, 1.165) is 4.88 Å². The van der Waals surface area contributed by atoms with E-state index >= 15 is 0 Å². The Morgan fingerprint density at radius 3 is 2.53 bits per heavy atom. The summed E-state index contributed by atoms with van der Waals surface area (Å²) in [5.74, 6) is -0.162. The molecule has 9 nitrogen and oxygen atoms in total. The van der Waals surface area contributed by atoms with Crippen LogP contribution in [0.3, 0.4) is 0 Å². The van der Waals surface area contributed by atoms with Gasteiger partial charge in [0.2, 0.25) is 21.8 Å². The number of amides is 2. The van der Waals surface area contributed by atoms with Gasteiger partial charge in [-0.05, 0) is 36.6 Å². The van der Waals surface area contributed by atoms with Gasteiger partial charge in [0.1, 0.15) is 5.76 Å². The van der Waals surface area contributed by atoms with E-state index in [1.165, 1.54) is 39.9 Å². The fraction of sp³-hybridized carbons (Fsp3) is 0.286. The van der Waals surface area contributed by atoms with Crippen molar-refractivity contribution in [1.82, 2.24) is 20.1 Å². The molecule has 2 aromatic heterocycles. The van der Waals surface area contributed by atoms with Crippen LogP contribution in [0, 0.1) is 6.92 Å². The summed E-state index contributed by atoms with van der Waals surface area (Å²) in [6.45, 7) is 5.84. The molecular weight excluding hydrogens is 452 g/mol. The summed E-state index contributed by atoms with van der Waals surface area (Å²) in [4.78, 5) is 29.9. The van der Waals surface area contributed by atoms with Gasteiger partial charge in [0.05, 0.1) is 21.9 Å². The molecule has 3 aromatic rings. The number of benzene rings is 1. The van der Waals surface area contributed by atoms with E-state index in [9.17, 15) is 18.0 Å². The van der Waals surface area contributed by atoms with Crippen molar-refractivity contribution in [2.75, 3.05) is 13.1 Å². The lowest BCUT2D eigenvalue weighted by Crippen LogP contribution is -2.42. The van der Waals surface area contributed by atoms with Crippen molar-refractivity contribution in [3.8, 4) is 10.8 Å². The molecule has 0 fully saturated rings. The maximum atomic E-state index is 12.7. The standard InChI is InChI=1S/C21H24N4O5S2/c1-4-25(5-2)32(28,29)16-9-6-8-15(12-16)20(27)24-23-19(26)13-17-14(3)30-21(22-17)18-10-7-11-31-18/h6-12H,4-5,13H2,1-3H3,(H,23,26)(H,24,27). The van der Waals surface area contributed by atoms with Crippen molar-refractivity contribution < 1.29 is 22.4 Å². The van der Waals surface area contributed by atoms with E-state index in [2.05, 4.69) is 15.8 Å². The van der Waals surface area contributed by atoms with Gasteiger partial charge in [-0.2, -0.15) is 4.31 Å². The fourth-order valence-corrected chi connectivity index (χ4v) is 5.16. The molecule has 3 rings (SSSR count). The number of carbonyl (C=O) groups excluding carboxylic acids is 2. The van der Waals surface area contributed by atoms with Crippen LogP contribution in [0.5, 0.6) is 0 Å². The minimum atomic E-state index is -3.70. The third kappa shape index (κ3) is 5.23. The Balaban J connectivity index is 1.63. The Morgan fingerprint density at radius 1 is 1.12 bits per heavy atom. The average Bonchev–Trinajstić information content (AvgIpc) is 3.43. The summed E-state index contributed by atoms with van der Waals surface area (Å²) < 4.78 is 32.2. The summed E-state index contributed by atoms with van der Waals surface area (Å²) in [6, 6.07) is 9.42. The van der Waals surface area contributed by atoms with Gasteiger partial charge in [-0.3, -0.25) is 20.4 Å². The van der Waals surface area contributed by atoms with Gasteiger partial charge in [-0.25, -0.2) is 13.4 Å². The van der Waals surface area contributed by atoms with E-state index < -0.39 is 21.8 Å². The van der Waals surface area contributed by atoms with Crippen molar-refractivity contribution in [3.63, 3.8) is 0 Å². The van der Waals surface area contributed by atoms with Crippen LogP contribution in [0.15, 0.2) is 51.1 Å². The molecule has 0 unspecified atom stereocenters. The smallest absolute Gasteiger partial charge is 0.269 e. The molecular formula is C21H24N4O5S2. The van der Waals surface area contributed by atoms with Crippen molar-refractivity contribution in [3.05, 3.63) is 58.8 Å². The Labute approximate surface area is 190 Å². The monoisotopic (exact) mass is 476 g/mol. The minimum absolute atomic E-state index is 0.0134. The van der Waals surface area contributed by atoms with Crippen LogP contribution in [0.25, 0.3) is 10.8 Å². The lowest BCUT2D eigenvalue weighted by molar-refractivity contribution is -0.121. The number of aromatic nitrogens is 1. The largest absolute Gasteiger partial charge is 0.440 e. The zero-order valence-corrected chi connectivity index (χ0v) is 19.5. The summed E-state index contributed by atoms with van der Waals surface area (Å²) in [5.41, 5.74) is 5.20. The number of nitrogens with zero attached hydrogens (tertiary/aromatic N) is 2. The van der Waals surface area contributed by atoms with E-state index in [-0.39, 0.29) is 16.9 Å². The minimum Gasteiger partial charge on any atom is -0.440 e. The predicted molar refractivity (Wildman–Crippen MR) is 120 cm³/mol. The Morgan fingerprint density at radius 2 is 1.88 bits per heavy atom. The van der Waals surface area contributed by atoms with Gasteiger partial charge < -0.3 is 4.42 Å². The lowest BCUT2D eigenvalue weighted by Gasteiger charge is -2.18. The van der Waals surface area contributed by atoms with Crippen LogP contribution < -0.4 is 10.9 Å². The normalized spacial score (nSPS) is 11.5. The first-order valence-electron chi connectivity index (χ1n) is 9.95. The van der Waals surface area contributed by atoms with E-state index in [1.807, 2.05) is 17.5 Å². The van der Waals surface area contributed by atoms with Gasteiger partial charge in [0.25, 0.3) is 5.91 Å². The van der Waals surface area contributed by atoms with E-state index in [4.69, 9.17) is 4.42 Å². The molecule has 0 spiro atoms. The first-order valence-corrected chi connectivity index (χ1v) is 12.3. The predicted octanol–water partition coefficient (Wildman–Crippen LogP) is 2.75. The zero-order valence-electron chi connectivity index (χ0n) is 17.9. The number of thiophene rings is 1. The van der Waals surface area contributed by atoms with Gasteiger partial charge in [0, 0.05) is 18.7 Å². The van der Waals surface area contributed by atoms with Crippen LogP contribution in [0.4, 0.5) is 0 Å². The third-order valence-corrected chi connectivity index (χ3v) is 7.61. The molecule has 1 aromatic carbocycles. The first kappa shape index (κ1) is 23.6. The highest BCUT2D eigenvalue weighted by Crippen LogP contribution is 2.26. The average molecular weight is 477 g/mol. The Kier molecular flexibility index (Phi) is 7.44. The highest BCUT2D eigenvalue weighted by molar-refractivity contribution is 7.89. The summed E-state index contributed by atoms with van der Waals surface area (Å²) >= 11 is 1.48. The second-order valence-electron chi connectivity index (χ2n) is 6.80. The van der Waals surface area contributed by atoms with Gasteiger partial charge in [-0.1, -0.05) is 26.0 Å². The topological polar surface area (TPSA) is 122 Å². The maximum Gasteiger partial charge on any atom is 0.269 e. The molecule has 170 valence electrons. The number of sulfonamides is 1. The Bertz CT molecular complexity index is 1200. The van der Waals surface area contributed by atoms with Crippen LogP contribution in [0.2, 0.25) is 0 Å². The molecule has 0 radical (unpaired) electrons. The molecule has 0 bridgehead atoms. The molecule has 0 aliphatic rings. The number of rotatable bonds is 8. The highest BCUT2D eigenvalue weighted by atomic mass is 32.2. The number of hydrogen-bond acceptors (Lipinski definition) is 7. The van der Waals surface area contributed by atoms with E-state index in [1.54, 1.807) is 20.8 Å². The number of aryl methyl sites for hydroxylation is 1. The fourth-order valence-electron chi connectivity index (χ4n) is 3.00. The van der Waals surface area contributed by atoms with Crippen LogP contribution >= 0.6 is 11.3 Å². The molecule has 0 saturated carbocycles. The molecule has 2 N–H and O–H groups in total. The number of carbonyl (C=O) groups is 2. The van der Waals surface area contributed by atoms with Crippen LogP contribution in [-0.4, -0.2) is 42.6 Å². The van der Waals surface area contributed by atoms with Crippen LogP contribution in [-0.2, 0) is 21.2 Å². The molecule has 32 heavy (non-hydrogen) atoms. The number of oxazole rings is 1. The molecule has 0 atom stereocenters. The van der Waals surface area contributed by atoms with Crippen molar-refractivity contribution in [1.29, 1.82) is 0 Å². The second-order valence-corrected chi connectivity index (χ2v) is 9.68. The summed E-state index contributed by atoms with van der Waals surface area (Å²) in [6.07, 6.45) is -0.0859. The zero-order chi connectivity index (χ0) is 23.3. The molecule has 2 heterocycles. The van der Waals surface area contributed by atoms with Crippen LogP contribution in [0.1, 0.15) is 35.7 Å². The summed E-state index contributed by atoms with van der Waals surface area (Å²) in [5, 5.41) is 1.90. The molecule has 0 aliphatic heterocycles. The van der Waals surface area contributed by atoms with Crippen molar-refractivity contribution in [2.45, 2.75) is 32.1 Å². The molecule has 0 saturated heterocycles. The summed E-state index contributed by atoms with van der Waals surface area (Å²) in [7, 11) is -3.70. The van der Waals surface area contributed by atoms with E-state index in [0.29, 0.717) is 30.4 Å². The highest BCUT2D eigenvalue weighted by Gasteiger charge is 2.23. The lowest BCUT2D eigenvalue weighted by atomic mass is 10.2. The molecule has 11 heteroatoms. The van der Waals surface area contributed by atoms with Gasteiger partial charge in [-0.15, -0.1) is 11.3 Å². The number of hydrazine groups is 1. The second kappa shape index (κ2) is 10.1. The maximum absolute atomic E-state index is 12.7. The number of nitrogens with one attached hydrogen (secondary N) is 2. The van der Waals surface area contributed by atoms with Crippen molar-refractivity contribution >= 4 is 33.2 Å². The Hall–Kier alpha value is -3.02. The number of hydrogen-bond donors (Lipinski definition) is 2. The SMILES string of the molecule is CCN(CC)S(=O)(=O)c1cccc(C(=O)NNC(=O)Cc2nc(-c3cccs3)oc2C)c1.